The molecule has 3 aliphatic rings. The Morgan fingerprint density at radius 2 is 0.917 bits per heavy atom. The number of piperazine rings is 3. The van der Waals surface area contributed by atoms with Crippen LogP contribution in [0, 0.1) is 0 Å². The molecule has 0 spiro atoms. The van der Waals surface area contributed by atoms with Crippen LogP contribution >= 0.6 is 128 Å². The first-order chi connectivity index (χ1) is 50.9. The molecule has 0 aliphatic carbocycles. The molecule has 11 aromatic rings. The number of benzene rings is 3. The Balaban J connectivity index is 0.000000214. The van der Waals surface area contributed by atoms with Gasteiger partial charge in [0.1, 0.15) is 72.3 Å². The third-order valence-corrected chi connectivity index (χ3v) is 19.1. The smallest absolute Gasteiger partial charge is 1.00 e. The zero-order valence-electron chi connectivity index (χ0n) is 59.2. The summed E-state index contributed by atoms with van der Waals surface area (Å²) in [6.07, 6.45) is 5.21. The summed E-state index contributed by atoms with van der Waals surface area (Å²) in [5.74, 6) is 0.945. The first-order valence-electron chi connectivity index (χ1n) is 32.0. The van der Waals surface area contributed by atoms with E-state index in [2.05, 4.69) is 60.0 Å². The Labute approximate surface area is 701 Å². The topological polar surface area (TPSA) is 285 Å². The molecule has 11 heterocycles. The zero-order chi connectivity index (χ0) is 76.1. The molecular formula is C69H67BCl11N17NaO9. The van der Waals surface area contributed by atoms with E-state index in [0.717, 1.165) is 78.1 Å². The van der Waals surface area contributed by atoms with Crippen LogP contribution in [0.5, 0.6) is 17.2 Å². The molecule has 3 saturated heterocycles. The van der Waals surface area contributed by atoms with E-state index in [1.807, 2.05) is 88.8 Å². The molecule has 3 amide bonds. The normalized spacial score (nSPS) is 13.1. The number of carbonyl (C=O) groups is 4. The van der Waals surface area contributed by atoms with Crippen molar-refractivity contribution in [3.8, 4) is 17.2 Å². The number of hydrogen-bond acceptors (Lipinski definition) is 19. The zero-order valence-corrected chi connectivity index (χ0v) is 68.5. The molecule has 0 saturated carbocycles. The van der Waals surface area contributed by atoms with Gasteiger partial charge in [0.05, 0.1) is 61.0 Å². The van der Waals surface area contributed by atoms with Crippen LogP contribution in [0.3, 0.4) is 0 Å². The summed E-state index contributed by atoms with van der Waals surface area (Å²) >= 11 is 63.2. The molecule has 108 heavy (non-hydrogen) atoms. The van der Waals surface area contributed by atoms with Crippen LogP contribution in [-0.4, -0.2) is 217 Å². The number of fused-ring (bicyclic) bond motifs is 3. The van der Waals surface area contributed by atoms with Crippen LogP contribution in [0.1, 0.15) is 17.3 Å². The van der Waals surface area contributed by atoms with E-state index in [9.17, 15) is 19.2 Å². The molecule has 14 rings (SSSR count). The summed E-state index contributed by atoms with van der Waals surface area (Å²) < 4.78 is 19.0. The van der Waals surface area contributed by atoms with Gasteiger partial charge in [-0.1, -0.05) is 122 Å². The van der Waals surface area contributed by atoms with Crippen LogP contribution < -0.4 is 58.5 Å². The number of hydrogen-bond donors (Lipinski definition) is 3. The summed E-state index contributed by atoms with van der Waals surface area (Å²) in [6.45, 7) is 8.70. The number of alkyl halides is 1. The Bertz CT molecular complexity index is 4860. The van der Waals surface area contributed by atoms with Crippen molar-refractivity contribution in [2.24, 2.45) is 0 Å². The van der Waals surface area contributed by atoms with Crippen molar-refractivity contribution in [2.75, 3.05) is 120 Å². The molecule has 3 fully saturated rings. The summed E-state index contributed by atoms with van der Waals surface area (Å²) in [4.78, 5) is 79.1. The van der Waals surface area contributed by atoms with Gasteiger partial charge in [0.2, 0.25) is 17.7 Å². The minimum atomic E-state index is -1.11. The quantitative estimate of drug-likeness (QED) is 0.0549. The van der Waals surface area contributed by atoms with E-state index in [1.54, 1.807) is 78.3 Å². The average Bonchev–Trinajstić information content (AvgIpc) is 1.83. The number of methoxy groups -OCH3 is 3. The van der Waals surface area contributed by atoms with E-state index < -0.39 is 5.97 Å². The minimum absolute atomic E-state index is 0. The molecule has 0 atom stereocenters. The maximum atomic E-state index is 12.7. The van der Waals surface area contributed by atoms with E-state index in [4.69, 9.17) is 152 Å². The number of aromatic amines is 1. The predicted molar refractivity (Wildman–Crippen MR) is 423 cm³/mol. The monoisotopic (exact) mass is 1700 g/mol. The summed E-state index contributed by atoms with van der Waals surface area (Å²) in [5.41, 5.74) is 5.56. The number of H-pyrrole nitrogens is 1. The minimum Gasteiger partial charge on any atom is -1.00 e. The number of rotatable bonds is 13. The van der Waals surface area contributed by atoms with Crippen molar-refractivity contribution in [1.29, 1.82) is 0 Å². The largest absolute Gasteiger partial charge is 1.00 e. The fraction of sp³-hybridized carbons (Fsp3) is 0.275. The third kappa shape index (κ3) is 24.6. The molecule has 3 aromatic carbocycles. The van der Waals surface area contributed by atoms with Gasteiger partial charge in [0.25, 0.3) is 0 Å². The Hall–Kier alpha value is -7.29. The SMILES string of the molecule is COc1cc(N2CCN(C(=O)CCl)CC2)ccc1Cl.COc1cc(N2CCN(C(=O)Cn3cc4ccc(Cl)nc4n3)CC2)ccc1Cl.COc1cc(N2CCN(C(=O)Cn3ncc4ccc(Cl)nc43)CC2)ccc1Cl.Clc1ccc2cn[nH]c2n1.O=C(O)c1ccc(Cl)nc1Cl.OCc1ccc(Cl)nc1Cl.[B].[H-].[Na+]. The molecule has 563 valence electrons. The van der Waals surface area contributed by atoms with E-state index in [1.165, 1.54) is 12.1 Å². The predicted octanol–water partition coefficient (Wildman–Crippen LogP) is 10.7. The standard InChI is InChI=1S/2C19H19Cl2N5O2.C13H16Cl2N2O2.C6H3Cl2NO2.C6H5Cl2NO.C6H4ClN3.B.Na.H/c1-28-16-10-14(3-4-15(16)20)24-6-8-25(9-7-24)18(27)12-26-11-13-2-5-17(21)22-19(13)23-26;1-28-16-10-14(3-4-15(16)20)24-6-8-25(9-7-24)18(27)12-26-19-13(11-22-26)2-5-17(21)23-19;1-19-12-8-10(2-3-11(12)15)16-4-6-17(7-5-16)13(18)9-14;7-4-2-1-3(6(10)11)5(8)9-4;7-5-2-1-4(3-10)6(8)9-5;7-5-2-1-4-3-8-10-6(4)9-5;;;/h2*2-5,10-11H,6-9,12H2,1H3;2-3,8H,4-7,9H2,1H3;1-2H,(H,10,11);1-2,10H,3H2;1-3H,(H,8,9,10);;;/q;;;;;;;+1;-1. The molecular weight excluding hydrogens is 1630 g/mol. The molecule has 3 N–H and O–H groups in total. The number of carboxylic acids is 1. The average molecular weight is 1700 g/mol. The number of aliphatic hydroxyl groups excluding tert-OH is 1. The van der Waals surface area contributed by atoms with Gasteiger partial charge in [0, 0.05) is 150 Å². The van der Waals surface area contributed by atoms with E-state index in [0.29, 0.717) is 109 Å². The fourth-order valence-electron chi connectivity index (χ4n) is 10.7. The van der Waals surface area contributed by atoms with Gasteiger partial charge in [0.15, 0.2) is 16.9 Å². The molecule has 0 unspecified atom stereocenters. The number of amides is 3. The van der Waals surface area contributed by atoms with Crippen LogP contribution in [-0.2, 0) is 34.1 Å². The maximum Gasteiger partial charge on any atom is 1.00 e. The van der Waals surface area contributed by atoms with E-state index >= 15 is 0 Å². The fourth-order valence-corrected chi connectivity index (χ4v) is 12.7. The van der Waals surface area contributed by atoms with Gasteiger partial charge in [-0.3, -0.25) is 24.2 Å². The summed E-state index contributed by atoms with van der Waals surface area (Å²) in [7, 11) is 4.80. The number of aromatic carboxylic acids is 1. The second-order valence-electron chi connectivity index (χ2n) is 22.9. The van der Waals surface area contributed by atoms with Gasteiger partial charge >= 0.3 is 35.5 Å². The van der Waals surface area contributed by atoms with Crippen molar-refractivity contribution >= 4 is 210 Å². The van der Waals surface area contributed by atoms with Crippen LogP contribution in [0.2, 0.25) is 51.1 Å². The summed E-state index contributed by atoms with van der Waals surface area (Å²) in [5, 5.41) is 38.7. The third-order valence-electron chi connectivity index (χ3n) is 16.3. The second-order valence-corrected chi connectivity index (χ2v) is 27.0. The molecule has 3 radical (unpaired) electrons. The number of carbonyl (C=O) groups excluding carboxylic acids is 3. The number of aromatic nitrogens is 11. The number of pyridine rings is 5. The van der Waals surface area contributed by atoms with Crippen LogP contribution in [0.4, 0.5) is 17.1 Å². The summed E-state index contributed by atoms with van der Waals surface area (Å²) in [6, 6.07) is 33.8. The van der Waals surface area contributed by atoms with Gasteiger partial charge in [-0.2, -0.15) is 15.3 Å². The number of aliphatic hydroxyl groups is 1. The van der Waals surface area contributed by atoms with Gasteiger partial charge in [-0.15, -0.1) is 11.6 Å². The number of nitrogens with zero attached hydrogens (tertiary/aromatic N) is 16. The molecule has 3 aliphatic heterocycles. The van der Waals surface area contributed by atoms with Crippen molar-refractivity contribution in [3.05, 3.63) is 196 Å². The first kappa shape index (κ1) is 87.9. The number of nitrogens with one attached hydrogen (secondary N) is 1. The Kier molecular flexibility index (Phi) is 34.8. The second kappa shape index (κ2) is 42.8. The molecule has 39 heteroatoms. The van der Waals surface area contributed by atoms with Crippen LogP contribution in [0.25, 0.3) is 33.1 Å². The Morgan fingerprint density at radius 3 is 1.38 bits per heavy atom. The van der Waals surface area contributed by atoms with Gasteiger partial charge < -0.3 is 55.2 Å². The van der Waals surface area contributed by atoms with Crippen molar-refractivity contribution in [3.63, 3.8) is 0 Å². The van der Waals surface area contributed by atoms with Crippen molar-refractivity contribution in [1.82, 2.24) is 69.4 Å². The maximum absolute atomic E-state index is 12.7. The van der Waals surface area contributed by atoms with Crippen molar-refractivity contribution < 1.29 is 74.6 Å². The van der Waals surface area contributed by atoms with E-state index in [-0.39, 0.29) is 104 Å². The molecule has 0 bridgehead atoms. The van der Waals surface area contributed by atoms with Crippen LogP contribution in [0.15, 0.2) is 134 Å². The molecule has 26 nitrogen and oxygen atoms in total. The first-order valence-corrected chi connectivity index (χ1v) is 36.3. The number of anilines is 3. The molecule has 8 aromatic heterocycles. The van der Waals surface area contributed by atoms with Gasteiger partial charge in [-0.05, 0) is 91.0 Å². The number of carboxylic acid groups (broad SMARTS) is 1. The van der Waals surface area contributed by atoms with Gasteiger partial charge in [-0.25, -0.2) is 34.4 Å². The van der Waals surface area contributed by atoms with Crippen molar-refractivity contribution in [2.45, 2.75) is 19.7 Å². The number of halogens is 11. The Morgan fingerprint density at radius 1 is 0.491 bits per heavy atom. The number of ether oxygens (including phenoxy) is 3.